The highest BCUT2D eigenvalue weighted by atomic mass is 16.4. The van der Waals surface area contributed by atoms with Gasteiger partial charge in [-0.05, 0) is 76.1 Å². The molecule has 34 heavy (non-hydrogen) atoms. The van der Waals surface area contributed by atoms with Gasteiger partial charge in [0.2, 0.25) is 11.8 Å². The van der Waals surface area contributed by atoms with Gasteiger partial charge in [0.15, 0.2) is 0 Å². The summed E-state index contributed by atoms with van der Waals surface area (Å²) in [5.41, 5.74) is 0.977. The van der Waals surface area contributed by atoms with E-state index in [0.29, 0.717) is 37.6 Å². The standard InChI is InChI=1S/C24H34N4O6/c29-21(15-19(23(31)32)27-11-3-1-4-12-27)25-17-7-9-18(10-8-17)26-22(30)16-20(24(33)34)28-13-5-2-6-14-28/h7-10,19-20H,1-6,11-16H2,(H,25,29)(H,26,30)(H,31,32)(H,33,34)/t19-,20-/m0/s1. The van der Waals surface area contributed by atoms with E-state index in [1.807, 2.05) is 9.80 Å². The third-order valence-electron chi connectivity index (χ3n) is 6.44. The molecule has 3 rings (SSSR count). The van der Waals surface area contributed by atoms with Crippen molar-refractivity contribution in [1.29, 1.82) is 0 Å². The molecule has 1 aromatic rings. The number of carbonyl (C=O) groups excluding carboxylic acids is 2. The topological polar surface area (TPSA) is 139 Å². The van der Waals surface area contributed by atoms with Gasteiger partial charge in [0.1, 0.15) is 12.1 Å². The maximum atomic E-state index is 12.4. The molecule has 0 radical (unpaired) electrons. The number of piperidine rings is 2. The smallest absolute Gasteiger partial charge is 0.321 e. The minimum atomic E-state index is -1.00. The Balaban J connectivity index is 1.50. The van der Waals surface area contributed by atoms with E-state index in [2.05, 4.69) is 10.6 Å². The minimum absolute atomic E-state index is 0.138. The van der Waals surface area contributed by atoms with Crippen molar-refractivity contribution in [2.24, 2.45) is 0 Å². The van der Waals surface area contributed by atoms with E-state index in [-0.39, 0.29) is 24.7 Å². The Hall–Kier alpha value is -2.98. The Morgan fingerprint density at radius 1 is 0.647 bits per heavy atom. The zero-order valence-corrected chi connectivity index (χ0v) is 19.4. The van der Waals surface area contributed by atoms with Gasteiger partial charge in [0.25, 0.3) is 0 Å². The molecule has 0 aliphatic carbocycles. The van der Waals surface area contributed by atoms with Gasteiger partial charge in [-0.2, -0.15) is 0 Å². The van der Waals surface area contributed by atoms with Crippen LogP contribution in [0.3, 0.4) is 0 Å². The van der Waals surface area contributed by atoms with Crippen LogP contribution < -0.4 is 10.6 Å². The van der Waals surface area contributed by atoms with Crippen LogP contribution in [0.5, 0.6) is 0 Å². The third kappa shape index (κ3) is 7.53. The summed E-state index contributed by atoms with van der Waals surface area (Å²) in [5.74, 6) is -2.78. The van der Waals surface area contributed by atoms with Gasteiger partial charge >= 0.3 is 11.9 Å². The summed E-state index contributed by atoms with van der Waals surface area (Å²) in [4.78, 5) is 51.9. The Morgan fingerprint density at radius 2 is 0.971 bits per heavy atom. The number of rotatable bonds is 10. The molecule has 0 unspecified atom stereocenters. The summed E-state index contributed by atoms with van der Waals surface area (Å²) < 4.78 is 0. The molecule has 0 bridgehead atoms. The molecule has 186 valence electrons. The van der Waals surface area contributed by atoms with Crippen molar-refractivity contribution in [1.82, 2.24) is 9.80 Å². The van der Waals surface area contributed by atoms with Crippen LogP contribution in [0.15, 0.2) is 24.3 Å². The molecule has 2 aliphatic rings. The fraction of sp³-hybridized carbons (Fsp3) is 0.583. The van der Waals surface area contributed by atoms with Gasteiger partial charge in [-0.1, -0.05) is 12.8 Å². The number of anilines is 2. The first-order valence-corrected chi connectivity index (χ1v) is 12.0. The fourth-order valence-electron chi connectivity index (χ4n) is 4.62. The van der Waals surface area contributed by atoms with E-state index < -0.39 is 24.0 Å². The van der Waals surface area contributed by atoms with Crippen LogP contribution in [-0.2, 0) is 19.2 Å². The fourth-order valence-corrected chi connectivity index (χ4v) is 4.62. The lowest BCUT2D eigenvalue weighted by atomic mass is 10.1. The summed E-state index contributed by atoms with van der Waals surface area (Å²) >= 11 is 0. The quantitative estimate of drug-likeness (QED) is 0.405. The maximum Gasteiger partial charge on any atom is 0.321 e. The van der Waals surface area contributed by atoms with Crippen LogP contribution in [-0.4, -0.2) is 82.0 Å². The van der Waals surface area contributed by atoms with Crippen LogP contribution in [0.1, 0.15) is 51.4 Å². The molecule has 4 N–H and O–H groups in total. The number of nitrogens with one attached hydrogen (secondary N) is 2. The largest absolute Gasteiger partial charge is 0.480 e. The molecule has 0 saturated carbocycles. The monoisotopic (exact) mass is 474 g/mol. The second kappa shape index (κ2) is 12.5. The first-order valence-electron chi connectivity index (χ1n) is 12.0. The van der Waals surface area contributed by atoms with Crippen molar-refractivity contribution in [3.63, 3.8) is 0 Å². The number of nitrogens with zero attached hydrogens (tertiary/aromatic N) is 2. The maximum absolute atomic E-state index is 12.4. The summed E-state index contributed by atoms with van der Waals surface area (Å²) in [7, 11) is 0. The number of aliphatic carboxylic acids is 2. The molecule has 2 fully saturated rings. The first-order chi connectivity index (χ1) is 16.3. The van der Waals surface area contributed by atoms with Crippen LogP contribution in [0.25, 0.3) is 0 Å². The van der Waals surface area contributed by atoms with Crippen molar-refractivity contribution in [2.75, 3.05) is 36.8 Å². The normalized spacial score (nSPS) is 19.1. The number of carbonyl (C=O) groups is 4. The Morgan fingerprint density at radius 3 is 1.26 bits per heavy atom. The number of carboxylic acids is 2. The number of carboxylic acid groups (broad SMARTS) is 2. The summed E-state index contributed by atoms with van der Waals surface area (Å²) in [6.45, 7) is 2.72. The van der Waals surface area contributed by atoms with Gasteiger partial charge in [-0.25, -0.2) is 0 Å². The molecule has 2 heterocycles. The van der Waals surface area contributed by atoms with E-state index in [0.717, 1.165) is 38.5 Å². The summed E-state index contributed by atoms with van der Waals surface area (Å²) in [5, 5.41) is 24.5. The Labute approximate surface area is 199 Å². The zero-order valence-electron chi connectivity index (χ0n) is 19.4. The second-order valence-electron chi connectivity index (χ2n) is 8.98. The van der Waals surface area contributed by atoms with Crippen LogP contribution in [0.4, 0.5) is 11.4 Å². The highest BCUT2D eigenvalue weighted by molar-refractivity contribution is 5.96. The zero-order chi connectivity index (χ0) is 24.5. The molecule has 2 saturated heterocycles. The van der Waals surface area contributed by atoms with Gasteiger partial charge in [0, 0.05) is 11.4 Å². The molecule has 2 aliphatic heterocycles. The van der Waals surface area contributed by atoms with Crippen molar-refractivity contribution in [2.45, 2.75) is 63.5 Å². The van der Waals surface area contributed by atoms with E-state index in [1.165, 1.54) is 0 Å². The Kier molecular flexibility index (Phi) is 9.41. The average molecular weight is 475 g/mol. The third-order valence-corrected chi connectivity index (χ3v) is 6.44. The van der Waals surface area contributed by atoms with Crippen molar-refractivity contribution in [3.8, 4) is 0 Å². The van der Waals surface area contributed by atoms with E-state index in [1.54, 1.807) is 24.3 Å². The molecule has 2 atom stereocenters. The molecule has 10 nitrogen and oxygen atoms in total. The van der Waals surface area contributed by atoms with Crippen molar-refractivity contribution in [3.05, 3.63) is 24.3 Å². The second-order valence-corrected chi connectivity index (χ2v) is 8.98. The number of benzene rings is 1. The number of amides is 2. The lowest BCUT2D eigenvalue weighted by Crippen LogP contribution is -2.46. The van der Waals surface area contributed by atoms with E-state index in [4.69, 9.17) is 0 Å². The first kappa shape index (κ1) is 25.6. The van der Waals surface area contributed by atoms with Crippen molar-refractivity contribution < 1.29 is 29.4 Å². The average Bonchev–Trinajstić information content (AvgIpc) is 2.83. The van der Waals surface area contributed by atoms with Crippen molar-refractivity contribution >= 4 is 35.1 Å². The SMILES string of the molecule is O=C(C[C@@H](C(=O)O)N1CCCCC1)Nc1ccc(NC(=O)C[C@@H](C(=O)O)N2CCCCC2)cc1. The lowest BCUT2D eigenvalue weighted by molar-refractivity contribution is -0.146. The number of hydrogen-bond acceptors (Lipinski definition) is 6. The predicted molar refractivity (Wildman–Crippen MR) is 127 cm³/mol. The molecule has 0 spiro atoms. The van der Waals surface area contributed by atoms with Gasteiger partial charge in [-0.3, -0.25) is 29.0 Å². The minimum Gasteiger partial charge on any atom is -0.480 e. The Bertz CT molecular complexity index is 792. The number of likely N-dealkylation sites (tertiary alicyclic amines) is 2. The van der Waals surface area contributed by atoms with Gasteiger partial charge in [0.05, 0.1) is 12.8 Å². The van der Waals surface area contributed by atoms with Crippen LogP contribution >= 0.6 is 0 Å². The van der Waals surface area contributed by atoms with Crippen LogP contribution in [0, 0.1) is 0 Å². The molecule has 2 amide bonds. The molecular weight excluding hydrogens is 440 g/mol. The van der Waals surface area contributed by atoms with Gasteiger partial charge < -0.3 is 20.8 Å². The highest BCUT2D eigenvalue weighted by Crippen LogP contribution is 2.19. The lowest BCUT2D eigenvalue weighted by Gasteiger charge is -2.31. The molecular formula is C24H34N4O6. The summed E-state index contributed by atoms with van der Waals surface area (Å²) in [6.07, 6.45) is 5.61. The molecule has 10 heteroatoms. The molecule has 0 aromatic heterocycles. The van der Waals surface area contributed by atoms with Crippen LogP contribution in [0.2, 0.25) is 0 Å². The van der Waals surface area contributed by atoms with Gasteiger partial charge in [-0.15, -0.1) is 0 Å². The molecule has 1 aromatic carbocycles. The van der Waals surface area contributed by atoms with E-state index >= 15 is 0 Å². The summed E-state index contributed by atoms with van der Waals surface area (Å²) in [6, 6.07) is 4.77. The predicted octanol–water partition coefficient (Wildman–Crippen LogP) is 2.22. The number of hydrogen-bond donors (Lipinski definition) is 4. The highest BCUT2D eigenvalue weighted by Gasteiger charge is 2.30. The van der Waals surface area contributed by atoms with E-state index in [9.17, 15) is 29.4 Å².